The van der Waals surface area contributed by atoms with Gasteiger partial charge < -0.3 is 10.2 Å². The Hall–Kier alpha value is -1.09. The summed E-state index contributed by atoms with van der Waals surface area (Å²) in [4.78, 5) is 6.79. The van der Waals surface area contributed by atoms with Gasteiger partial charge in [-0.2, -0.15) is 0 Å². The van der Waals surface area contributed by atoms with E-state index in [1.54, 1.807) is 30.3 Å². The standard InChI is InChI=1S/C17H27N3O2S.HI/c1-4-6-10-14-20(3)17(18-5-2)19-13-15-23(21,22)16-11-8-7-9-12-16;/h4,7-9,11-12H,1,5-6,10,13-15H2,2-3H3,(H,18,19);1H. The van der Waals surface area contributed by atoms with Crippen LogP contribution in [-0.4, -0.2) is 51.7 Å². The maximum Gasteiger partial charge on any atom is 0.193 e. The van der Waals surface area contributed by atoms with Crippen LogP contribution in [0.1, 0.15) is 19.8 Å². The maximum absolute atomic E-state index is 12.2. The Morgan fingerprint density at radius 3 is 2.58 bits per heavy atom. The summed E-state index contributed by atoms with van der Waals surface area (Å²) in [6.07, 6.45) is 3.84. The fourth-order valence-corrected chi connectivity index (χ4v) is 3.20. The number of nitrogens with zero attached hydrogens (tertiary/aromatic N) is 2. The van der Waals surface area contributed by atoms with Crippen molar-refractivity contribution < 1.29 is 8.42 Å². The van der Waals surface area contributed by atoms with Crippen molar-refractivity contribution in [2.24, 2.45) is 4.99 Å². The normalized spacial score (nSPS) is 11.5. The number of aliphatic imine (C=N–C) groups is 1. The Morgan fingerprint density at radius 2 is 2.00 bits per heavy atom. The summed E-state index contributed by atoms with van der Waals surface area (Å²) in [6.45, 7) is 7.54. The zero-order valence-corrected chi connectivity index (χ0v) is 17.6. The van der Waals surface area contributed by atoms with E-state index in [1.807, 2.05) is 24.9 Å². The Bertz CT molecular complexity index is 604. The first-order valence-corrected chi connectivity index (χ1v) is 9.54. The quantitative estimate of drug-likeness (QED) is 0.200. The van der Waals surface area contributed by atoms with Gasteiger partial charge in [-0.25, -0.2) is 8.42 Å². The number of allylic oxidation sites excluding steroid dienone is 1. The van der Waals surface area contributed by atoms with Crippen molar-refractivity contribution in [2.45, 2.75) is 24.7 Å². The first-order chi connectivity index (χ1) is 11.0. The molecule has 5 nitrogen and oxygen atoms in total. The molecule has 7 heteroatoms. The molecule has 136 valence electrons. The van der Waals surface area contributed by atoms with Crippen LogP contribution in [0.5, 0.6) is 0 Å². The van der Waals surface area contributed by atoms with Crippen LogP contribution in [0.2, 0.25) is 0 Å². The van der Waals surface area contributed by atoms with Crippen molar-refractivity contribution in [3.8, 4) is 0 Å². The van der Waals surface area contributed by atoms with Crippen LogP contribution in [-0.2, 0) is 9.84 Å². The lowest BCUT2D eigenvalue weighted by molar-refractivity contribution is 0.470. The third-order valence-corrected chi connectivity index (χ3v) is 5.03. The highest BCUT2D eigenvalue weighted by molar-refractivity contribution is 14.0. The molecular formula is C17H28IN3O2S. The molecule has 1 N–H and O–H groups in total. The van der Waals surface area contributed by atoms with Crippen LogP contribution in [0, 0.1) is 0 Å². The largest absolute Gasteiger partial charge is 0.357 e. The number of unbranched alkanes of at least 4 members (excludes halogenated alkanes) is 1. The SMILES string of the molecule is C=CCCCN(C)C(=NCCS(=O)(=O)c1ccccc1)NCC.I. The van der Waals surface area contributed by atoms with Gasteiger partial charge in [0.15, 0.2) is 15.8 Å². The lowest BCUT2D eigenvalue weighted by atomic mass is 10.3. The predicted molar refractivity (Wildman–Crippen MR) is 112 cm³/mol. The van der Waals surface area contributed by atoms with Crippen molar-refractivity contribution >= 4 is 39.8 Å². The van der Waals surface area contributed by atoms with Crippen LogP contribution in [0.4, 0.5) is 0 Å². The van der Waals surface area contributed by atoms with E-state index in [0.717, 1.165) is 31.9 Å². The summed E-state index contributed by atoms with van der Waals surface area (Å²) in [5, 5.41) is 3.19. The van der Waals surface area contributed by atoms with Crippen LogP contribution in [0.25, 0.3) is 0 Å². The molecule has 1 rings (SSSR count). The third kappa shape index (κ3) is 8.14. The molecule has 0 aliphatic carbocycles. The number of hydrogen-bond acceptors (Lipinski definition) is 3. The molecule has 0 bridgehead atoms. The summed E-state index contributed by atoms with van der Waals surface area (Å²) in [7, 11) is -1.33. The molecule has 0 amide bonds. The van der Waals surface area contributed by atoms with Crippen molar-refractivity contribution in [3.05, 3.63) is 43.0 Å². The average Bonchev–Trinajstić information content (AvgIpc) is 2.55. The van der Waals surface area contributed by atoms with Gasteiger partial charge in [0.25, 0.3) is 0 Å². The highest BCUT2D eigenvalue weighted by Crippen LogP contribution is 2.09. The minimum Gasteiger partial charge on any atom is -0.357 e. The minimum absolute atomic E-state index is 0. The first-order valence-electron chi connectivity index (χ1n) is 7.89. The number of sulfone groups is 1. The third-order valence-electron chi connectivity index (χ3n) is 3.32. The van der Waals surface area contributed by atoms with E-state index < -0.39 is 9.84 Å². The second-order valence-corrected chi connectivity index (χ2v) is 7.33. The lowest BCUT2D eigenvalue weighted by Crippen LogP contribution is -2.39. The van der Waals surface area contributed by atoms with Crippen molar-refractivity contribution in [2.75, 3.05) is 32.4 Å². The second kappa shape index (κ2) is 12.3. The molecule has 1 aromatic rings. The number of nitrogens with one attached hydrogen (secondary N) is 1. The first kappa shape index (κ1) is 22.9. The molecule has 0 radical (unpaired) electrons. The van der Waals surface area contributed by atoms with Crippen LogP contribution in [0.3, 0.4) is 0 Å². The molecule has 0 unspecified atom stereocenters. The summed E-state index contributed by atoms with van der Waals surface area (Å²) >= 11 is 0. The van der Waals surface area contributed by atoms with E-state index in [9.17, 15) is 8.42 Å². The molecule has 0 aromatic heterocycles. The molecular weight excluding hydrogens is 437 g/mol. The number of guanidine groups is 1. The van der Waals surface area contributed by atoms with Gasteiger partial charge in [-0.05, 0) is 31.9 Å². The van der Waals surface area contributed by atoms with Crippen LogP contribution < -0.4 is 5.32 Å². The van der Waals surface area contributed by atoms with Crippen molar-refractivity contribution in [1.82, 2.24) is 10.2 Å². The zero-order chi connectivity index (χ0) is 17.1. The summed E-state index contributed by atoms with van der Waals surface area (Å²) in [6, 6.07) is 8.50. The molecule has 0 atom stereocenters. The maximum atomic E-state index is 12.2. The molecule has 0 aliphatic heterocycles. The Balaban J connectivity index is 0.00000529. The van der Waals surface area contributed by atoms with Gasteiger partial charge in [-0.15, -0.1) is 30.6 Å². The zero-order valence-electron chi connectivity index (χ0n) is 14.4. The minimum atomic E-state index is -3.28. The van der Waals surface area contributed by atoms with Gasteiger partial charge in [-0.3, -0.25) is 4.99 Å². The predicted octanol–water partition coefficient (Wildman–Crippen LogP) is 2.94. The van der Waals surface area contributed by atoms with E-state index in [-0.39, 0.29) is 36.3 Å². The topological polar surface area (TPSA) is 61.8 Å². The van der Waals surface area contributed by atoms with Crippen LogP contribution in [0.15, 0.2) is 52.9 Å². The molecule has 0 heterocycles. The summed E-state index contributed by atoms with van der Waals surface area (Å²) in [5.74, 6) is 0.742. The van der Waals surface area contributed by atoms with Gasteiger partial charge in [0.05, 0.1) is 17.2 Å². The van der Waals surface area contributed by atoms with E-state index in [1.165, 1.54) is 0 Å². The number of halogens is 1. The fourth-order valence-electron chi connectivity index (χ4n) is 2.07. The van der Waals surface area contributed by atoms with Gasteiger partial charge in [0.2, 0.25) is 0 Å². The molecule has 0 saturated carbocycles. The monoisotopic (exact) mass is 465 g/mol. The Kier molecular flexibility index (Phi) is 11.7. The molecule has 1 aromatic carbocycles. The second-order valence-electron chi connectivity index (χ2n) is 5.22. The molecule has 0 spiro atoms. The highest BCUT2D eigenvalue weighted by Gasteiger charge is 2.13. The Labute approximate surface area is 163 Å². The fraction of sp³-hybridized carbons (Fsp3) is 0.471. The molecule has 24 heavy (non-hydrogen) atoms. The van der Waals surface area contributed by atoms with Crippen molar-refractivity contribution in [1.29, 1.82) is 0 Å². The van der Waals surface area contributed by atoms with E-state index in [0.29, 0.717) is 4.90 Å². The molecule has 0 fully saturated rings. The summed E-state index contributed by atoms with van der Waals surface area (Å²) < 4.78 is 24.5. The van der Waals surface area contributed by atoms with Crippen LogP contribution >= 0.6 is 24.0 Å². The van der Waals surface area contributed by atoms with Crippen molar-refractivity contribution in [3.63, 3.8) is 0 Å². The van der Waals surface area contributed by atoms with E-state index >= 15 is 0 Å². The number of benzene rings is 1. The Morgan fingerprint density at radius 1 is 1.33 bits per heavy atom. The average molecular weight is 465 g/mol. The summed E-state index contributed by atoms with van der Waals surface area (Å²) in [5.41, 5.74) is 0. The lowest BCUT2D eigenvalue weighted by Gasteiger charge is -2.21. The number of rotatable bonds is 9. The smallest absolute Gasteiger partial charge is 0.193 e. The van der Waals surface area contributed by atoms with E-state index in [2.05, 4.69) is 16.9 Å². The van der Waals surface area contributed by atoms with Gasteiger partial charge in [0.1, 0.15) is 0 Å². The molecule has 0 aliphatic rings. The van der Waals surface area contributed by atoms with Gasteiger partial charge in [0, 0.05) is 20.1 Å². The van der Waals surface area contributed by atoms with Gasteiger partial charge >= 0.3 is 0 Å². The highest BCUT2D eigenvalue weighted by atomic mass is 127. The number of hydrogen-bond donors (Lipinski definition) is 1. The van der Waals surface area contributed by atoms with E-state index in [4.69, 9.17) is 0 Å². The molecule has 0 saturated heterocycles. The van der Waals surface area contributed by atoms with Gasteiger partial charge in [-0.1, -0.05) is 24.3 Å².